The molecule has 1 aliphatic heterocycles. The molecular weight excluding hydrogens is 347 g/mol. The number of thioether (sulfide) groups is 4. The lowest BCUT2D eigenvalue weighted by atomic mass is 10.9. The Morgan fingerprint density at radius 1 is 1.07 bits per heavy atom. The largest absolute Gasteiger partial charge is 0.164 e. The first-order valence-electron chi connectivity index (χ1n) is 4.19. The van der Waals surface area contributed by atoms with Gasteiger partial charge in [0.25, 0.3) is 0 Å². The van der Waals surface area contributed by atoms with Gasteiger partial charge in [-0.1, -0.05) is 0 Å². The summed E-state index contributed by atoms with van der Waals surface area (Å²) in [6.45, 7) is 0. The molecule has 0 aliphatic carbocycles. The highest BCUT2D eigenvalue weighted by Crippen LogP contribution is 2.50. The molecule has 15 heavy (non-hydrogen) atoms. The smallest absolute Gasteiger partial charge is 0.0732 e. The first-order chi connectivity index (χ1) is 7.17. The highest BCUT2D eigenvalue weighted by atomic mass is 35.5. The van der Waals surface area contributed by atoms with Crippen molar-refractivity contribution in [3.05, 3.63) is 0 Å². The molecular formula is C7H12Cl2S6. The van der Waals surface area contributed by atoms with E-state index in [-0.39, 0.29) is 9.16 Å². The summed E-state index contributed by atoms with van der Waals surface area (Å²) in [7, 11) is 0. The van der Waals surface area contributed by atoms with Crippen molar-refractivity contribution in [2.24, 2.45) is 0 Å². The summed E-state index contributed by atoms with van der Waals surface area (Å²) < 4.78 is 1.55. The van der Waals surface area contributed by atoms with Crippen LogP contribution < -0.4 is 0 Å². The molecule has 0 saturated carbocycles. The molecule has 1 heterocycles. The van der Waals surface area contributed by atoms with E-state index < -0.39 is 0 Å². The quantitative estimate of drug-likeness (QED) is 0.406. The Balaban J connectivity index is 2.35. The van der Waals surface area contributed by atoms with Gasteiger partial charge < -0.3 is 0 Å². The fourth-order valence-corrected chi connectivity index (χ4v) is 9.51. The maximum Gasteiger partial charge on any atom is 0.0732 e. The molecule has 0 N–H and O–H groups in total. The molecule has 0 aromatic heterocycles. The summed E-state index contributed by atoms with van der Waals surface area (Å²) in [5, 5.41) is 1.14. The van der Waals surface area contributed by atoms with Crippen LogP contribution in [0.25, 0.3) is 0 Å². The van der Waals surface area contributed by atoms with Crippen molar-refractivity contribution in [2.45, 2.75) is 18.3 Å². The fourth-order valence-electron chi connectivity index (χ4n) is 0.920. The molecule has 4 unspecified atom stereocenters. The van der Waals surface area contributed by atoms with Crippen molar-refractivity contribution in [2.75, 3.05) is 16.8 Å². The molecule has 0 radical (unpaired) electrons. The van der Waals surface area contributed by atoms with E-state index in [2.05, 4.69) is 25.3 Å². The molecule has 0 amide bonds. The van der Waals surface area contributed by atoms with Crippen molar-refractivity contribution >= 4 is 95.5 Å². The standard InChI is InChI=1S/C7H12Cl2S6/c8-1-4(10)14-6-7(13-3-12-6)15-5(11)2-9/h4-7,10-11H,1-3H2. The Bertz CT molecular complexity index is 165. The second-order valence-electron chi connectivity index (χ2n) is 2.68. The normalized spacial score (nSPS) is 30.4. The predicted octanol–water partition coefficient (Wildman–Crippen LogP) is 4.53. The van der Waals surface area contributed by atoms with E-state index >= 15 is 0 Å². The Morgan fingerprint density at radius 3 is 1.80 bits per heavy atom. The third kappa shape index (κ3) is 5.90. The number of rotatable bonds is 6. The van der Waals surface area contributed by atoms with Crippen molar-refractivity contribution in [3.8, 4) is 0 Å². The van der Waals surface area contributed by atoms with E-state index in [4.69, 9.17) is 23.2 Å². The first-order valence-corrected chi connectivity index (χ1v) is 10.3. The summed E-state index contributed by atoms with van der Waals surface area (Å²) in [4.78, 5) is 0. The fraction of sp³-hybridized carbons (Fsp3) is 1.00. The average Bonchev–Trinajstić information content (AvgIpc) is 2.65. The molecule has 90 valence electrons. The van der Waals surface area contributed by atoms with Crippen LogP contribution in [0.5, 0.6) is 0 Å². The molecule has 1 aliphatic rings. The van der Waals surface area contributed by atoms with E-state index in [1.807, 2.05) is 47.0 Å². The molecule has 0 bridgehead atoms. The van der Waals surface area contributed by atoms with Crippen LogP contribution in [0, 0.1) is 0 Å². The molecule has 0 nitrogen and oxygen atoms in total. The molecule has 1 saturated heterocycles. The first kappa shape index (κ1) is 15.7. The number of hydrogen-bond acceptors (Lipinski definition) is 6. The van der Waals surface area contributed by atoms with Gasteiger partial charge in [0.2, 0.25) is 0 Å². The second kappa shape index (κ2) is 8.73. The van der Waals surface area contributed by atoms with Gasteiger partial charge in [-0.05, 0) is 0 Å². The molecule has 0 aromatic rings. The zero-order valence-corrected chi connectivity index (χ0v) is 14.3. The molecule has 8 heteroatoms. The Hall–Kier alpha value is 2.68. The van der Waals surface area contributed by atoms with Crippen LogP contribution in [0.3, 0.4) is 0 Å². The van der Waals surface area contributed by atoms with Crippen LogP contribution in [-0.2, 0) is 0 Å². The zero-order valence-electron chi connectivity index (χ0n) is 7.71. The topological polar surface area (TPSA) is 0 Å². The molecule has 0 spiro atoms. The number of alkyl halides is 2. The van der Waals surface area contributed by atoms with Crippen LogP contribution in [-0.4, -0.2) is 35.2 Å². The van der Waals surface area contributed by atoms with Crippen LogP contribution >= 0.6 is 95.5 Å². The van der Waals surface area contributed by atoms with E-state index in [0.29, 0.717) is 20.9 Å². The van der Waals surface area contributed by atoms with Crippen LogP contribution in [0.15, 0.2) is 0 Å². The zero-order chi connectivity index (χ0) is 11.3. The van der Waals surface area contributed by atoms with Crippen molar-refractivity contribution in [3.63, 3.8) is 0 Å². The summed E-state index contributed by atoms with van der Waals surface area (Å²) in [5.41, 5.74) is 0. The lowest BCUT2D eigenvalue weighted by molar-refractivity contribution is 1.32. The van der Waals surface area contributed by atoms with Crippen molar-refractivity contribution in [1.82, 2.24) is 0 Å². The van der Waals surface area contributed by atoms with E-state index in [9.17, 15) is 0 Å². The van der Waals surface area contributed by atoms with Gasteiger partial charge in [-0.25, -0.2) is 0 Å². The predicted molar refractivity (Wildman–Crippen MR) is 89.8 cm³/mol. The van der Waals surface area contributed by atoms with Crippen molar-refractivity contribution in [1.29, 1.82) is 0 Å². The van der Waals surface area contributed by atoms with Crippen LogP contribution in [0.1, 0.15) is 0 Å². The maximum atomic E-state index is 5.75. The maximum absolute atomic E-state index is 5.75. The second-order valence-corrected chi connectivity index (χ2v) is 11.2. The summed E-state index contributed by atoms with van der Waals surface area (Å²) >= 11 is 28.0. The van der Waals surface area contributed by atoms with E-state index in [1.54, 1.807) is 0 Å². The van der Waals surface area contributed by atoms with Crippen LogP contribution in [0.4, 0.5) is 0 Å². The van der Waals surface area contributed by atoms with Crippen molar-refractivity contribution < 1.29 is 0 Å². The Morgan fingerprint density at radius 2 is 1.47 bits per heavy atom. The molecule has 1 fully saturated rings. The van der Waals surface area contributed by atoms with Gasteiger partial charge in [-0.15, -0.1) is 70.2 Å². The number of halogens is 2. The minimum Gasteiger partial charge on any atom is -0.164 e. The minimum absolute atomic E-state index is 0.223. The van der Waals surface area contributed by atoms with Crippen LogP contribution in [0.2, 0.25) is 0 Å². The van der Waals surface area contributed by atoms with E-state index in [1.165, 1.54) is 0 Å². The molecule has 1 rings (SSSR count). The number of thiol groups is 2. The van der Waals surface area contributed by atoms with Gasteiger partial charge in [0.05, 0.1) is 18.3 Å². The van der Waals surface area contributed by atoms with Gasteiger partial charge in [0, 0.05) is 16.8 Å². The van der Waals surface area contributed by atoms with E-state index in [0.717, 1.165) is 5.08 Å². The lowest BCUT2D eigenvalue weighted by Gasteiger charge is -2.21. The van der Waals surface area contributed by atoms with Gasteiger partial charge in [-0.2, -0.15) is 25.3 Å². The van der Waals surface area contributed by atoms with Gasteiger partial charge >= 0.3 is 0 Å². The summed E-state index contributed by atoms with van der Waals surface area (Å²) in [6, 6.07) is 0. The third-order valence-corrected chi connectivity index (χ3v) is 10.5. The average molecular weight is 359 g/mol. The van der Waals surface area contributed by atoms with Gasteiger partial charge in [0.15, 0.2) is 0 Å². The minimum atomic E-state index is 0.223. The highest BCUT2D eigenvalue weighted by molar-refractivity contribution is 8.34. The molecule has 4 atom stereocenters. The Labute approximate surface area is 129 Å². The number of hydrogen-bond donors (Lipinski definition) is 2. The highest BCUT2D eigenvalue weighted by Gasteiger charge is 2.32. The Kier molecular flexibility index (Phi) is 9.15. The van der Waals surface area contributed by atoms with Gasteiger partial charge in [-0.3, -0.25) is 0 Å². The molecule has 0 aromatic carbocycles. The van der Waals surface area contributed by atoms with Gasteiger partial charge in [0.1, 0.15) is 0 Å². The summed E-state index contributed by atoms with van der Waals surface area (Å²) in [6.07, 6.45) is 0. The monoisotopic (exact) mass is 358 g/mol. The lowest BCUT2D eigenvalue weighted by Crippen LogP contribution is -2.14. The summed E-state index contributed by atoms with van der Waals surface area (Å²) in [5.74, 6) is 1.18. The third-order valence-electron chi connectivity index (χ3n) is 1.53. The SMILES string of the molecule is SC(CCl)SC1SCSC1SC(S)CCl.